The van der Waals surface area contributed by atoms with Crippen molar-refractivity contribution in [3.8, 4) is 5.75 Å². The second-order valence-corrected chi connectivity index (χ2v) is 10.9. The van der Waals surface area contributed by atoms with Crippen LogP contribution in [0, 0.1) is 0 Å². The van der Waals surface area contributed by atoms with Gasteiger partial charge in [0.1, 0.15) is 29.7 Å². The molecule has 2 amide bonds. The molecule has 9 heteroatoms. The van der Waals surface area contributed by atoms with E-state index in [1.165, 1.54) is 5.56 Å². The summed E-state index contributed by atoms with van der Waals surface area (Å²) in [5.41, 5.74) is 5.33. The van der Waals surface area contributed by atoms with Crippen LogP contribution in [0.15, 0.2) is 83.3 Å². The van der Waals surface area contributed by atoms with Crippen LogP contribution in [0.2, 0.25) is 0 Å². The van der Waals surface area contributed by atoms with Gasteiger partial charge in [-0.2, -0.15) is 0 Å². The van der Waals surface area contributed by atoms with E-state index in [0.29, 0.717) is 31.0 Å². The number of hydroxylamine groups is 1. The summed E-state index contributed by atoms with van der Waals surface area (Å²) in [5, 5.41) is 13.2. The van der Waals surface area contributed by atoms with Crippen molar-refractivity contribution < 1.29 is 24.0 Å². The highest BCUT2D eigenvalue weighted by Crippen LogP contribution is 2.31. The van der Waals surface area contributed by atoms with Gasteiger partial charge in [-0.15, -0.1) is 0 Å². The van der Waals surface area contributed by atoms with Crippen LogP contribution in [0.4, 0.5) is 0 Å². The van der Waals surface area contributed by atoms with Crippen LogP contribution < -0.4 is 15.5 Å². The number of fused-ring (bicyclic) bond motifs is 1. The van der Waals surface area contributed by atoms with Gasteiger partial charge in [0.15, 0.2) is 0 Å². The van der Waals surface area contributed by atoms with Crippen LogP contribution in [-0.4, -0.2) is 65.6 Å². The van der Waals surface area contributed by atoms with Crippen molar-refractivity contribution in [1.82, 2.24) is 20.6 Å². The molecule has 42 heavy (non-hydrogen) atoms. The molecule has 5 rings (SSSR count). The van der Waals surface area contributed by atoms with E-state index in [-0.39, 0.29) is 18.4 Å². The summed E-state index contributed by atoms with van der Waals surface area (Å²) in [5.74, 6) is 0.923. The molecule has 1 fully saturated rings. The number of nitrogens with one attached hydrogen (secondary N) is 2. The zero-order valence-electron chi connectivity index (χ0n) is 24.1. The van der Waals surface area contributed by atoms with Crippen molar-refractivity contribution in [1.29, 1.82) is 0 Å². The van der Waals surface area contributed by atoms with Gasteiger partial charge in [0, 0.05) is 61.7 Å². The first-order valence-corrected chi connectivity index (χ1v) is 14.4. The number of benzene rings is 3. The second kappa shape index (κ2) is 13.7. The first-order valence-electron chi connectivity index (χ1n) is 14.4. The molecule has 0 bridgehead atoms. The maximum Gasteiger partial charge on any atom is 0.262 e. The molecule has 0 unspecified atom stereocenters. The summed E-state index contributed by atoms with van der Waals surface area (Å²) in [4.78, 5) is 29.8. The number of hydrogen-bond donors (Lipinski definition) is 3. The Morgan fingerprint density at radius 1 is 0.929 bits per heavy atom. The van der Waals surface area contributed by atoms with E-state index in [2.05, 4.69) is 36.2 Å². The van der Waals surface area contributed by atoms with Crippen LogP contribution in [0.3, 0.4) is 0 Å². The summed E-state index contributed by atoms with van der Waals surface area (Å²) in [7, 11) is 0. The van der Waals surface area contributed by atoms with Gasteiger partial charge >= 0.3 is 0 Å². The minimum absolute atomic E-state index is 0.0771. The molecule has 3 aromatic carbocycles. The Balaban J connectivity index is 1.15. The van der Waals surface area contributed by atoms with Gasteiger partial charge in [-0.3, -0.25) is 24.6 Å². The number of hydrogen-bond acceptors (Lipinski definition) is 7. The highest BCUT2D eigenvalue weighted by atomic mass is 16.5. The third-order valence-corrected chi connectivity index (χ3v) is 7.72. The number of furan rings is 1. The second-order valence-electron chi connectivity index (χ2n) is 10.9. The maximum atomic E-state index is 12.9. The zero-order valence-corrected chi connectivity index (χ0v) is 24.1. The first-order chi connectivity index (χ1) is 20.4. The molecular weight excluding hydrogens is 532 g/mol. The van der Waals surface area contributed by atoms with E-state index in [9.17, 15) is 14.8 Å². The largest absolute Gasteiger partial charge is 0.489 e. The van der Waals surface area contributed by atoms with Gasteiger partial charge < -0.3 is 14.5 Å². The predicted molar refractivity (Wildman–Crippen MR) is 160 cm³/mol. The summed E-state index contributed by atoms with van der Waals surface area (Å²) in [6.07, 6.45) is 0. The molecule has 1 aliphatic heterocycles. The maximum absolute atomic E-state index is 12.9. The van der Waals surface area contributed by atoms with E-state index in [1.807, 2.05) is 47.4 Å². The standard InChI is InChI=1S/C33H38N4O5/c1-23(2)31-28(27-10-6-7-11-30(27)42-31)22-41-26-14-12-25(13-15-26)32(38)34-20-29(33(39)35-40)37-18-16-36(17-19-37)21-24-8-4-3-5-9-24/h3-15,23,29,40H,16-22H2,1-2H3,(H,34,38)(H,35,39)/t29-/m0/s1. The highest BCUT2D eigenvalue weighted by Gasteiger charge is 2.29. The number of carbonyl (C=O) groups excluding carboxylic acids is 2. The van der Waals surface area contributed by atoms with E-state index in [4.69, 9.17) is 9.15 Å². The van der Waals surface area contributed by atoms with Gasteiger partial charge in [-0.25, -0.2) is 5.48 Å². The molecule has 9 nitrogen and oxygen atoms in total. The number of carbonyl (C=O) groups is 2. The third kappa shape index (κ3) is 6.99. The van der Waals surface area contributed by atoms with Gasteiger partial charge in [-0.1, -0.05) is 62.4 Å². The van der Waals surface area contributed by atoms with E-state index in [1.54, 1.807) is 29.7 Å². The minimum Gasteiger partial charge on any atom is -0.489 e. The van der Waals surface area contributed by atoms with Crippen molar-refractivity contribution >= 4 is 22.8 Å². The Bertz CT molecular complexity index is 1480. The smallest absolute Gasteiger partial charge is 0.262 e. The predicted octanol–water partition coefficient (Wildman–Crippen LogP) is 4.56. The van der Waals surface area contributed by atoms with E-state index in [0.717, 1.165) is 41.9 Å². The quantitative estimate of drug-likeness (QED) is 0.179. The van der Waals surface area contributed by atoms with Crippen molar-refractivity contribution in [3.63, 3.8) is 0 Å². The monoisotopic (exact) mass is 570 g/mol. The minimum atomic E-state index is -0.680. The molecular formula is C33H38N4O5. The number of ether oxygens (including phenoxy) is 1. The lowest BCUT2D eigenvalue weighted by Crippen LogP contribution is -2.57. The lowest BCUT2D eigenvalue weighted by molar-refractivity contribution is -0.135. The molecule has 3 N–H and O–H groups in total. The fourth-order valence-corrected chi connectivity index (χ4v) is 5.42. The molecule has 0 aliphatic carbocycles. The Kier molecular flexibility index (Phi) is 9.53. The Morgan fingerprint density at radius 3 is 2.31 bits per heavy atom. The summed E-state index contributed by atoms with van der Waals surface area (Å²) in [6, 6.07) is 24.4. The lowest BCUT2D eigenvalue weighted by Gasteiger charge is -2.38. The topological polar surface area (TPSA) is 107 Å². The van der Waals surface area contributed by atoms with Gasteiger partial charge in [-0.05, 0) is 35.9 Å². The fourth-order valence-electron chi connectivity index (χ4n) is 5.42. The molecule has 2 heterocycles. The van der Waals surface area contributed by atoms with Crippen molar-refractivity contribution in [2.24, 2.45) is 0 Å². The van der Waals surface area contributed by atoms with Gasteiger partial charge in [0.2, 0.25) is 0 Å². The van der Waals surface area contributed by atoms with E-state index >= 15 is 0 Å². The molecule has 0 spiro atoms. The lowest BCUT2D eigenvalue weighted by atomic mass is 10.0. The number of piperazine rings is 1. The molecule has 1 aromatic heterocycles. The molecule has 0 radical (unpaired) electrons. The Morgan fingerprint density at radius 2 is 1.62 bits per heavy atom. The molecule has 220 valence electrons. The molecule has 0 saturated carbocycles. The van der Waals surface area contributed by atoms with Gasteiger partial charge in [0.25, 0.3) is 11.8 Å². The van der Waals surface area contributed by atoms with Crippen LogP contribution >= 0.6 is 0 Å². The van der Waals surface area contributed by atoms with Gasteiger partial charge in [0.05, 0.1) is 0 Å². The summed E-state index contributed by atoms with van der Waals surface area (Å²) >= 11 is 0. The number of rotatable bonds is 11. The highest BCUT2D eigenvalue weighted by molar-refractivity contribution is 5.94. The third-order valence-electron chi connectivity index (χ3n) is 7.72. The Hall–Kier alpha value is -4.18. The average Bonchev–Trinajstić information content (AvgIpc) is 3.40. The Labute approximate surface area is 246 Å². The van der Waals surface area contributed by atoms with Crippen molar-refractivity contribution in [2.45, 2.75) is 39.0 Å². The molecule has 1 atom stereocenters. The van der Waals surface area contributed by atoms with Crippen LogP contribution in [-0.2, 0) is 17.9 Å². The number of amides is 2. The number of para-hydroxylation sites is 1. The zero-order chi connectivity index (χ0) is 29.5. The van der Waals surface area contributed by atoms with Crippen LogP contribution in [0.1, 0.15) is 47.0 Å². The van der Waals surface area contributed by atoms with Crippen molar-refractivity contribution in [3.05, 3.63) is 101 Å². The SMILES string of the molecule is CC(C)c1oc2ccccc2c1COc1ccc(C(=O)NC[C@@H](C(=O)NO)N2CCN(Cc3ccccc3)CC2)cc1. The summed E-state index contributed by atoms with van der Waals surface area (Å²) < 4.78 is 12.1. The first kappa shape index (κ1) is 29.3. The fraction of sp³-hybridized carbons (Fsp3) is 0.333. The summed E-state index contributed by atoms with van der Waals surface area (Å²) in [6.45, 7) is 8.33. The number of nitrogens with zero attached hydrogens (tertiary/aromatic N) is 2. The average molecular weight is 571 g/mol. The van der Waals surface area contributed by atoms with Crippen LogP contribution in [0.25, 0.3) is 11.0 Å². The van der Waals surface area contributed by atoms with E-state index < -0.39 is 11.9 Å². The molecule has 4 aromatic rings. The molecule has 1 saturated heterocycles. The van der Waals surface area contributed by atoms with Crippen LogP contribution in [0.5, 0.6) is 5.75 Å². The molecule has 1 aliphatic rings. The normalized spacial score (nSPS) is 15.0. The van der Waals surface area contributed by atoms with Crippen molar-refractivity contribution in [2.75, 3.05) is 32.7 Å².